The van der Waals surface area contributed by atoms with Crippen molar-refractivity contribution >= 4 is 0 Å². The van der Waals surface area contributed by atoms with Crippen LogP contribution in [0.25, 0.3) is 0 Å². The molecule has 0 aliphatic carbocycles. The molecule has 0 spiro atoms. The molecule has 2 aromatic rings. The first-order valence-corrected chi connectivity index (χ1v) is 6.04. The van der Waals surface area contributed by atoms with Crippen LogP contribution in [0, 0.1) is 6.92 Å². The van der Waals surface area contributed by atoms with Gasteiger partial charge in [-0.15, -0.1) is 0 Å². The van der Waals surface area contributed by atoms with Gasteiger partial charge in [-0.25, -0.2) is 4.98 Å². The van der Waals surface area contributed by atoms with Gasteiger partial charge in [0.1, 0.15) is 5.82 Å². The molecule has 2 heterocycles. The molecule has 98 valence electrons. The molecular weight excluding hydrogens is 228 g/mol. The van der Waals surface area contributed by atoms with E-state index in [0.717, 1.165) is 29.9 Å². The van der Waals surface area contributed by atoms with Gasteiger partial charge >= 0.3 is 0 Å². The highest BCUT2D eigenvalue weighted by atomic mass is 15.3. The lowest BCUT2D eigenvalue weighted by Gasteiger charge is -2.15. The Hall–Kier alpha value is -1.66. The molecule has 6 nitrogen and oxygen atoms in total. The molecule has 2 rings (SSSR count). The number of rotatable bonds is 5. The van der Waals surface area contributed by atoms with Gasteiger partial charge in [-0.1, -0.05) is 0 Å². The lowest BCUT2D eigenvalue weighted by Crippen LogP contribution is -2.29. The lowest BCUT2D eigenvalue weighted by atomic mass is 10.0. The summed E-state index contributed by atoms with van der Waals surface area (Å²) >= 11 is 0. The van der Waals surface area contributed by atoms with Gasteiger partial charge in [-0.2, -0.15) is 5.10 Å². The van der Waals surface area contributed by atoms with Crippen LogP contribution in [0.15, 0.2) is 18.6 Å². The Balaban J connectivity index is 2.06. The Morgan fingerprint density at radius 2 is 2.22 bits per heavy atom. The molecule has 0 bridgehead atoms. The fourth-order valence-corrected chi connectivity index (χ4v) is 2.10. The van der Waals surface area contributed by atoms with Crippen molar-refractivity contribution in [2.75, 3.05) is 0 Å². The van der Waals surface area contributed by atoms with Crippen molar-refractivity contribution in [2.45, 2.75) is 25.8 Å². The molecule has 0 amide bonds. The van der Waals surface area contributed by atoms with E-state index < -0.39 is 0 Å². The van der Waals surface area contributed by atoms with Crippen LogP contribution in [-0.2, 0) is 20.5 Å². The zero-order valence-electron chi connectivity index (χ0n) is 11.1. The first kappa shape index (κ1) is 12.8. The van der Waals surface area contributed by atoms with Gasteiger partial charge < -0.3 is 4.57 Å². The second-order valence-corrected chi connectivity index (χ2v) is 4.52. The summed E-state index contributed by atoms with van der Waals surface area (Å²) in [5, 5.41) is 4.25. The topological polar surface area (TPSA) is 73.7 Å². The van der Waals surface area contributed by atoms with Gasteiger partial charge in [0.25, 0.3) is 0 Å². The highest BCUT2D eigenvalue weighted by Gasteiger charge is 2.16. The number of hydrogen-bond donors (Lipinski definition) is 2. The number of nitrogens with zero attached hydrogens (tertiary/aromatic N) is 4. The highest BCUT2D eigenvalue weighted by molar-refractivity contribution is 5.20. The Morgan fingerprint density at radius 3 is 2.72 bits per heavy atom. The number of aryl methyl sites for hydroxylation is 3. The number of hydrazine groups is 1. The van der Waals surface area contributed by atoms with Crippen molar-refractivity contribution in [3.05, 3.63) is 35.7 Å². The lowest BCUT2D eigenvalue weighted by molar-refractivity contribution is 0.503. The van der Waals surface area contributed by atoms with E-state index in [2.05, 4.69) is 15.5 Å². The van der Waals surface area contributed by atoms with E-state index in [1.54, 1.807) is 0 Å². The van der Waals surface area contributed by atoms with Crippen LogP contribution in [0.2, 0.25) is 0 Å². The average molecular weight is 248 g/mol. The highest BCUT2D eigenvalue weighted by Crippen LogP contribution is 2.20. The molecule has 18 heavy (non-hydrogen) atoms. The smallest absolute Gasteiger partial charge is 0.108 e. The molecule has 2 aromatic heterocycles. The van der Waals surface area contributed by atoms with Crippen LogP contribution in [0.4, 0.5) is 0 Å². The molecule has 0 radical (unpaired) electrons. The Kier molecular flexibility index (Phi) is 3.78. The molecule has 1 atom stereocenters. The van der Waals surface area contributed by atoms with Gasteiger partial charge in [-0.3, -0.25) is 16.0 Å². The molecule has 3 N–H and O–H groups in total. The molecular formula is C12H20N6. The van der Waals surface area contributed by atoms with E-state index in [0.29, 0.717) is 0 Å². The third kappa shape index (κ3) is 2.44. The summed E-state index contributed by atoms with van der Waals surface area (Å²) in [7, 11) is 3.94. The van der Waals surface area contributed by atoms with Crippen molar-refractivity contribution in [1.29, 1.82) is 0 Å². The zero-order chi connectivity index (χ0) is 13.1. The minimum atomic E-state index is 0.107. The third-order valence-electron chi connectivity index (χ3n) is 3.43. The van der Waals surface area contributed by atoms with Gasteiger partial charge in [0.15, 0.2) is 0 Å². The standard InChI is InChI=1S/C12H20N6/c1-9-10(8-15-18(9)3)11(16-13)4-5-12-14-6-7-17(12)2/h6-8,11,16H,4-5,13H2,1-3H3. The molecule has 0 saturated heterocycles. The maximum Gasteiger partial charge on any atom is 0.108 e. The average Bonchev–Trinajstić information content (AvgIpc) is 2.90. The summed E-state index contributed by atoms with van der Waals surface area (Å²) in [6.45, 7) is 2.05. The summed E-state index contributed by atoms with van der Waals surface area (Å²) < 4.78 is 3.89. The first-order chi connectivity index (χ1) is 8.63. The van der Waals surface area contributed by atoms with Gasteiger partial charge in [0.2, 0.25) is 0 Å². The molecule has 0 aromatic carbocycles. The predicted molar refractivity (Wildman–Crippen MR) is 69.5 cm³/mol. The van der Waals surface area contributed by atoms with Crippen molar-refractivity contribution in [3.8, 4) is 0 Å². The van der Waals surface area contributed by atoms with Crippen LogP contribution >= 0.6 is 0 Å². The monoisotopic (exact) mass is 248 g/mol. The van der Waals surface area contributed by atoms with E-state index in [1.165, 1.54) is 0 Å². The first-order valence-electron chi connectivity index (χ1n) is 6.04. The molecule has 0 aliphatic heterocycles. The minimum absolute atomic E-state index is 0.107. The summed E-state index contributed by atoms with van der Waals surface area (Å²) in [6.07, 6.45) is 7.42. The van der Waals surface area contributed by atoms with Crippen LogP contribution in [0.3, 0.4) is 0 Å². The summed E-state index contributed by atoms with van der Waals surface area (Å²) in [6, 6.07) is 0.107. The zero-order valence-corrected chi connectivity index (χ0v) is 11.1. The fourth-order valence-electron chi connectivity index (χ4n) is 2.10. The molecule has 0 aliphatic rings. The Bertz CT molecular complexity index is 512. The van der Waals surface area contributed by atoms with Gasteiger partial charge in [0.05, 0.1) is 6.20 Å². The van der Waals surface area contributed by atoms with Crippen molar-refractivity contribution in [2.24, 2.45) is 19.9 Å². The van der Waals surface area contributed by atoms with E-state index >= 15 is 0 Å². The van der Waals surface area contributed by atoms with Crippen LogP contribution in [0.1, 0.15) is 29.5 Å². The maximum absolute atomic E-state index is 5.65. The van der Waals surface area contributed by atoms with E-state index in [1.807, 2.05) is 48.9 Å². The predicted octanol–water partition coefficient (Wildman–Crippen LogP) is 0.599. The fraction of sp³-hybridized carbons (Fsp3) is 0.500. The third-order valence-corrected chi connectivity index (χ3v) is 3.43. The molecule has 6 heteroatoms. The van der Waals surface area contributed by atoms with Gasteiger partial charge in [-0.05, 0) is 13.3 Å². The quantitative estimate of drug-likeness (QED) is 0.600. The van der Waals surface area contributed by atoms with E-state index in [4.69, 9.17) is 5.84 Å². The van der Waals surface area contributed by atoms with Crippen LogP contribution in [0.5, 0.6) is 0 Å². The normalized spacial score (nSPS) is 12.9. The number of imidazole rings is 1. The summed E-state index contributed by atoms with van der Waals surface area (Å²) in [4.78, 5) is 4.32. The Labute approximate surface area is 107 Å². The number of nitrogens with two attached hydrogens (primary N) is 1. The second-order valence-electron chi connectivity index (χ2n) is 4.52. The number of aromatic nitrogens is 4. The molecule has 1 unspecified atom stereocenters. The largest absolute Gasteiger partial charge is 0.338 e. The summed E-state index contributed by atoms with van der Waals surface area (Å²) in [5.41, 5.74) is 5.15. The minimum Gasteiger partial charge on any atom is -0.338 e. The van der Waals surface area contributed by atoms with E-state index in [9.17, 15) is 0 Å². The van der Waals surface area contributed by atoms with E-state index in [-0.39, 0.29) is 6.04 Å². The Morgan fingerprint density at radius 1 is 1.44 bits per heavy atom. The van der Waals surface area contributed by atoms with Crippen molar-refractivity contribution in [1.82, 2.24) is 24.8 Å². The van der Waals surface area contributed by atoms with Crippen molar-refractivity contribution < 1.29 is 0 Å². The van der Waals surface area contributed by atoms with Gasteiger partial charge in [0, 0.05) is 50.2 Å². The number of hydrogen-bond acceptors (Lipinski definition) is 4. The molecule has 0 fully saturated rings. The SMILES string of the molecule is Cc1c(C(CCc2nccn2C)NN)cnn1C. The summed E-state index contributed by atoms with van der Waals surface area (Å²) in [5.74, 6) is 6.71. The van der Waals surface area contributed by atoms with Crippen molar-refractivity contribution in [3.63, 3.8) is 0 Å². The maximum atomic E-state index is 5.65. The molecule has 0 saturated carbocycles. The van der Waals surface area contributed by atoms with Crippen LogP contribution in [-0.4, -0.2) is 19.3 Å². The second kappa shape index (κ2) is 5.32. The van der Waals surface area contributed by atoms with Crippen LogP contribution < -0.4 is 11.3 Å². The number of nitrogens with one attached hydrogen (secondary N) is 1.